The molecule has 2 rings (SSSR count). The lowest BCUT2D eigenvalue weighted by Gasteiger charge is -2.20. The molecule has 5 nitrogen and oxygen atoms in total. The van der Waals surface area contributed by atoms with Crippen molar-refractivity contribution in [1.82, 2.24) is 0 Å². The summed E-state index contributed by atoms with van der Waals surface area (Å²) in [7, 11) is 3.17. The smallest absolute Gasteiger partial charge is 0.214 e. The van der Waals surface area contributed by atoms with Crippen LogP contribution in [0.3, 0.4) is 0 Å². The lowest BCUT2D eigenvalue weighted by molar-refractivity contribution is -0.481. The van der Waals surface area contributed by atoms with Crippen molar-refractivity contribution in [2.75, 3.05) is 20.8 Å². The lowest BCUT2D eigenvalue weighted by Crippen LogP contribution is -2.20. The fourth-order valence-electron chi connectivity index (χ4n) is 2.72. The summed E-state index contributed by atoms with van der Waals surface area (Å²) in [5.41, 5.74) is 2.87. The molecule has 5 heteroatoms. The molecule has 0 heterocycles. The summed E-state index contributed by atoms with van der Waals surface area (Å²) in [5.74, 6) is -0.295. The van der Waals surface area contributed by atoms with Crippen molar-refractivity contribution in [3.05, 3.63) is 81.4 Å². The van der Waals surface area contributed by atoms with E-state index < -0.39 is 0 Å². The van der Waals surface area contributed by atoms with E-state index in [-0.39, 0.29) is 23.7 Å². The number of hydrogen-bond donors (Lipinski definition) is 0. The maximum absolute atomic E-state index is 11.2. The summed E-state index contributed by atoms with van der Waals surface area (Å²) < 4.78 is 10.5. The highest BCUT2D eigenvalue weighted by atomic mass is 16.7. The Morgan fingerprint density at radius 1 is 1.00 bits per heavy atom. The van der Waals surface area contributed by atoms with Crippen molar-refractivity contribution in [3.63, 3.8) is 0 Å². The molecular weight excluding hydrogens is 294 g/mol. The number of rotatable bonds is 8. The van der Waals surface area contributed by atoms with E-state index in [1.54, 1.807) is 14.2 Å². The van der Waals surface area contributed by atoms with Crippen molar-refractivity contribution in [3.8, 4) is 0 Å². The maximum atomic E-state index is 11.2. The lowest BCUT2D eigenvalue weighted by atomic mass is 9.87. The van der Waals surface area contributed by atoms with Gasteiger partial charge in [0.2, 0.25) is 6.54 Å². The summed E-state index contributed by atoms with van der Waals surface area (Å²) in [6.07, 6.45) is 0.174. The molecule has 0 fully saturated rings. The topological polar surface area (TPSA) is 61.6 Å². The molecule has 0 aliphatic carbocycles. The molecule has 0 amide bonds. The Morgan fingerprint density at radius 2 is 1.61 bits per heavy atom. The minimum absolute atomic E-state index is 0.147. The Hall–Kier alpha value is -2.24. The van der Waals surface area contributed by atoms with Gasteiger partial charge in [-0.05, 0) is 16.7 Å². The second-order valence-electron chi connectivity index (χ2n) is 5.28. The van der Waals surface area contributed by atoms with Crippen LogP contribution in [0.5, 0.6) is 0 Å². The third-order valence-electron chi connectivity index (χ3n) is 3.88. The van der Waals surface area contributed by atoms with Crippen LogP contribution in [-0.4, -0.2) is 32.0 Å². The zero-order chi connectivity index (χ0) is 16.7. The summed E-state index contributed by atoms with van der Waals surface area (Å²) in [6, 6.07) is 17.3. The zero-order valence-electron chi connectivity index (χ0n) is 13.3. The van der Waals surface area contributed by atoms with Crippen LogP contribution in [0.1, 0.15) is 22.6 Å². The molecule has 23 heavy (non-hydrogen) atoms. The number of ether oxygens (including phenoxy) is 2. The van der Waals surface area contributed by atoms with Crippen molar-refractivity contribution in [1.29, 1.82) is 0 Å². The van der Waals surface area contributed by atoms with Crippen LogP contribution in [0.25, 0.3) is 0 Å². The summed E-state index contributed by atoms with van der Waals surface area (Å²) in [6.45, 7) is -0.147. The molecule has 0 bridgehead atoms. The first-order chi connectivity index (χ1) is 11.2. The largest absolute Gasteiger partial charge is 0.356 e. The van der Waals surface area contributed by atoms with E-state index in [4.69, 9.17) is 9.47 Å². The highest BCUT2D eigenvalue weighted by Gasteiger charge is 2.23. The van der Waals surface area contributed by atoms with Gasteiger partial charge in [0.15, 0.2) is 6.29 Å². The Labute approximate surface area is 136 Å². The Bertz CT molecular complexity index is 626. The molecule has 0 aromatic heterocycles. The van der Waals surface area contributed by atoms with Gasteiger partial charge in [-0.1, -0.05) is 54.6 Å². The number of nitrogens with zero attached hydrogens (tertiary/aromatic N) is 1. The van der Waals surface area contributed by atoms with Crippen LogP contribution in [-0.2, 0) is 15.9 Å². The quantitative estimate of drug-likeness (QED) is 0.426. The number of methoxy groups -OCH3 is 2. The SMILES string of the molecule is COC(Cc1ccccc1C(C[N+](=O)[O-])c1ccccc1)OC. The molecule has 2 aromatic carbocycles. The van der Waals surface area contributed by atoms with Gasteiger partial charge in [-0.3, -0.25) is 10.1 Å². The first-order valence-electron chi connectivity index (χ1n) is 7.45. The predicted octanol–water partition coefficient (Wildman–Crippen LogP) is 3.26. The van der Waals surface area contributed by atoms with E-state index >= 15 is 0 Å². The second-order valence-corrected chi connectivity index (χ2v) is 5.28. The van der Waals surface area contributed by atoms with E-state index in [9.17, 15) is 10.1 Å². The van der Waals surface area contributed by atoms with E-state index in [2.05, 4.69) is 0 Å². The summed E-state index contributed by atoms with van der Waals surface area (Å²) >= 11 is 0. The normalized spacial score (nSPS) is 12.3. The standard InChI is InChI=1S/C18H21NO4/c1-22-18(23-2)12-15-10-6-7-11-16(15)17(13-19(20)21)14-8-4-3-5-9-14/h3-11,17-18H,12-13H2,1-2H3. The second kappa shape index (κ2) is 8.41. The minimum atomic E-state index is -0.372. The van der Waals surface area contributed by atoms with Crippen LogP contribution in [0, 0.1) is 10.1 Å². The molecular formula is C18H21NO4. The van der Waals surface area contributed by atoms with Crippen LogP contribution in [0.2, 0.25) is 0 Å². The van der Waals surface area contributed by atoms with E-state index in [1.807, 2.05) is 54.6 Å². The molecule has 0 aliphatic heterocycles. The predicted molar refractivity (Wildman–Crippen MR) is 88.1 cm³/mol. The van der Waals surface area contributed by atoms with Crippen LogP contribution in [0.15, 0.2) is 54.6 Å². The minimum Gasteiger partial charge on any atom is -0.356 e. The fraction of sp³-hybridized carbons (Fsp3) is 0.333. The van der Waals surface area contributed by atoms with Gasteiger partial charge in [0.05, 0.1) is 5.92 Å². The molecule has 122 valence electrons. The van der Waals surface area contributed by atoms with E-state index in [1.165, 1.54) is 0 Å². The Balaban J connectivity index is 2.40. The molecule has 0 saturated heterocycles. The van der Waals surface area contributed by atoms with Crippen molar-refractivity contribution >= 4 is 0 Å². The summed E-state index contributed by atoms with van der Waals surface area (Å²) in [4.78, 5) is 10.9. The van der Waals surface area contributed by atoms with Gasteiger partial charge in [0.25, 0.3) is 0 Å². The zero-order valence-corrected chi connectivity index (χ0v) is 13.3. The van der Waals surface area contributed by atoms with Crippen LogP contribution < -0.4 is 0 Å². The third-order valence-corrected chi connectivity index (χ3v) is 3.88. The average Bonchev–Trinajstić information content (AvgIpc) is 2.58. The van der Waals surface area contributed by atoms with Gasteiger partial charge >= 0.3 is 0 Å². The Kier molecular flexibility index (Phi) is 6.26. The molecule has 0 saturated carbocycles. The number of hydrogen-bond acceptors (Lipinski definition) is 4. The molecule has 0 spiro atoms. The Morgan fingerprint density at radius 3 is 2.22 bits per heavy atom. The van der Waals surface area contributed by atoms with Gasteiger partial charge in [-0.2, -0.15) is 0 Å². The van der Waals surface area contributed by atoms with Gasteiger partial charge in [0, 0.05) is 25.6 Å². The van der Waals surface area contributed by atoms with Crippen molar-refractivity contribution < 1.29 is 14.4 Å². The first-order valence-corrected chi connectivity index (χ1v) is 7.45. The summed E-state index contributed by atoms with van der Waals surface area (Å²) in [5, 5.41) is 11.2. The maximum Gasteiger partial charge on any atom is 0.214 e. The third kappa shape index (κ3) is 4.61. The highest BCUT2D eigenvalue weighted by Crippen LogP contribution is 2.28. The fourth-order valence-corrected chi connectivity index (χ4v) is 2.72. The van der Waals surface area contributed by atoms with Crippen molar-refractivity contribution in [2.45, 2.75) is 18.6 Å². The van der Waals surface area contributed by atoms with E-state index in [0.29, 0.717) is 6.42 Å². The number of nitro groups is 1. The average molecular weight is 315 g/mol. The van der Waals surface area contributed by atoms with E-state index in [0.717, 1.165) is 16.7 Å². The molecule has 0 aliphatic rings. The monoisotopic (exact) mass is 315 g/mol. The first kappa shape index (κ1) is 17.1. The highest BCUT2D eigenvalue weighted by molar-refractivity contribution is 5.38. The van der Waals surface area contributed by atoms with Crippen molar-refractivity contribution in [2.24, 2.45) is 0 Å². The van der Waals surface area contributed by atoms with Crippen LogP contribution in [0.4, 0.5) is 0 Å². The molecule has 0 N–H and O–H groups in total. The number of benzene rings is 2. The molecule has 1 unspecified atom stereocenters. The van der Waals surface area contributed by atoms with Gasteiger partial charge in [0.1, 0.15) is 0 Å². The molecule has 1 atom stereocenters. The van der Waals surface area contributed by atoms with Crippen LogP contribution >= 0.6 is 0 Å². The van der Waals surface area contributed by atoms with Gasteiger partial charge < -0.3 is 9.47 Å². The molecule has 0 radical (unpaired) electrons. The van der Waals surface area contributed by atoms with Gasteiger partial charge in [-0.25, -0.2) is 0 Å². The molecule has 2 aromatic rings. The van der Waals surface area contributed by atoms with Gasteiger partial charge in [-0.15, -0.1) is 0 Å².